The van der Waals surface area contributed by atoms with Gasteiger partial charge in [0.1, 0.15) is 18.1 Å². The van der Waals surface area contributed by atoms with Crippen molar-refractivity contribution in [1.82, 2.24) is 9.80 Å². The lowest BCUT2D eigenvalue weighted by molar-refractivity contribution is -0.192. The van der Waals surface area contributed by atoms with Gasteiger partial charge < -0.3 is 24.4 Å². The highest BCUT2D eigenvalue weighted by Crippen LogP contribution is 2.24. The van der Waals surface area contributed by atoms with Gasteiger partial charge in [-0.15, -0.1) is 0 Å². The number of aliphatic carboxylic acids is 1. The fourth-order valence-corrected chi connectivity index (χ4v) is 4.30. The third-order valence-electron chi connectivity index (χ3n) is 6.21. The van der Waals surface area contributed by atoms with Crippen molar-refractivity contribution in [3.8, 4) is 11.5 Å². The summed E-state index contributed by atoms with van der Waals surface area (Å²) in [5.41, 5.74) is 1.82. The van der Waals surface area contributed by atoms with Gasteiger partial charge in [-0.1, -0.05) is 12.1 Å². The summed E-state index contributed by atoms with van der Waals surface area (Å²) < 4.78 is 42.8. The number of benzene rings is 2. The smallest absolute Gasteiger partial charge is 0.490 e. The molecule has 1 amide bonds. The van der Waals surface area contributed by atoms with Crippen molar-refractivity contribution < 1.29 is 37.3 Å². The van der Waals surface area contributed by atoms with Crippen LogP contribution >= 0.6 is 0 Å². The highest BCUT2D eigenvalue weighted by atomic mass is 19.4. The SMILES string of the molecule is COc1ccc(COc2ccc(C(=O)N3CCCC3CN3CCCC3)cc2)cc1.O=C(O)C(F)(F)F. The number of carbonyl (C=O) groups is 2. The molecule has 0 saturated carbocycles. The number of carboxylic acid groups (broad SMARTS) is 1. The predicted octanol–water partition coefficient (Wildman–Crippen LogP) is 4.61. The average molecular weight is 509 g/mol. The first-order valence-corrected chi connectivity index (χ1v) is 11.9. The molecule has 2 saturated heterocycles. The van der Waals surface area contributed by atoms with Crippen molar-refractivity contribution in [1.29, 1.82) is 0 Å². The lowest BCUT2D eigenvalue weighted by Crippen LogP contribution is -2.42. The molecular weight excluding hydrogens is 477 g/mol. The molecule has 2 aromatic carbocycles. The van der Waals surface area contributed by atoms with Crippen LogP contribution in [0.1, 0.15) is 41.6 Å². The summed E-state index contributed by atoms with van der Waals surface area (Å²) in [5.74, 6) is -1.00. The van der Waals surface area contributed by atoms with Crippen LogP contribution in [0.2, 0.25) is 0 Å². The normalized spacial score (nSPS) is 17.9. The van der Waals surface area contributed by atoms with E-state index in [4.69, 9.17) is 19.4 Å². The van der Waals surface area contributed by atoms with E-state index < -0.39 is 12.1 Å². The number of methoxy groups -OCH3 is 1. The quantitative estimate of drug-likeness (QED) is 0.589. The maximum absolute atomic E-state index is 13.0. The zero-order chi connectivity index (χ0) is 26.1. The number of likely N-dealkylation sites (tertiary alicyclic amines) is 2. The van der Waals surface area contributed by atoms with Gasteiger partial charge in [0.15, 0.2) is 0 Å². The second-order valence-corrected chi connectivity index (χ2v) is 8.77. The molecule has 7 nitrogen and oxygen atoms in total. The van der Waals surface area contributed by atoms with Gasteiger partial charge in [0.25, 0.3) is 5.91 Å². The molecule has 2 fully saturated rings. The monoisotopic (exact) mass is 508 g/mol. The average Bonchev–Trinajstić information content (AvgIpc) is 3.55. The highest BCUT2D eigenvalue weighted by molar-refractivity contribution is 5.94. The molecule has 0 radical (unpaired) electrons. The third-order valence-corrected chi connectivity index (χ3v) is 6.21. The number of ether oxygens (including phenoxy) is 2. The van der Waals surface area contributed by atoms with Crippen LogP contribution in [0.5, 0.6) is 11.5 Å². The summed E-state index contributed by atoms with van der Waals surface area (Å²) in [4.78, 5) is 26.5. The summed E-state index contributed by atoms with van der Waals surface area (Å²) in [5, 5.41) is 7.12. The minimum absolute atomic E-state index is 0.147. The Hall–Kier alpha value is -3.27. The van der Waals surface area contributed by atoms with Crippen LogP contribution in [0, 0.1) is 0 Å². The van der Waals surface area contributed by atoms with E-state index in [-0.39, 0.29) is 5.91 Å². The van der Waals surface area contributed by atoms with Gasteiger partial charge in [-0.3, -0.25) is 4.79 Å². The summed E-state index contributed by atoms with van der Waals surface area (Å²) in [6.45, 7) is 4.74. The Morgan fingerprint density at radius 2 is 1.53 bits per heavy atom. The maximum atomic E-state index is 13.0. The molecule has 4 rings (SSSR count). The molecule has 1 unspecified atom stereocenters. The Balaban J connectivity index is 0.000000454. The number of rotatable bonds is 7. The zero-order valence-corrected chi connectivity index (χ0v) is 20.2. The number of nitrogens with zero attached hydrogens (tertiary/aromatic N) is 2. The molecule has 0 aliphatic carbocycles. The molecule has 196 valence electrons. The van der Waals surface area contributed by atoms with Gasteiger partial charge in [-0.2, -0.15) is 13.2 Å². The number of hydrogen-bond donors (Lipinski definition) is 1. The molecule has 0 spiro atoms. The lowest BCUT2D eigenvalue weighted by Gasteiger charge is -2.28. The molecule has 2 aliphatic heterocycles. The van der Waals surface area contributed by atoms with Gasteiger partial charge in [-0.25, -0.2) is 4.79 Å². The van der Waals surface area contributed by atoms with Crippen LogP contribution in [0.15, 0.2) is 48.5 Å². The van der Waals surface area contributed by atoms with Crippen LogP contribution in [-0.4, -0.2) is 72.3 Å². The maximum Gasteiger partial charge on any atom is 0.490 e. The summed E-state index contributed by atoms with van der Waals surface area (Å²) in [6, 6.07) is 15.7. The highest BCUT2D eigenvalue weighted by Gasteiger charge is 2.38. The van der Waals surface area contributed by atoms with E-state index in [0.29, 0.717) is 12.6 Å². The fraction of sp³-hybridized carbons (Fsp3) is 0.462. The summed E-state index contributed by atoms with van der Waals surface area (Å²) in [7, 11) is 1.66. The van der Waals surface area contributed by atoms with E-state index in [9.17, 15) is 18.0 Å². The molecule has 10 heteroatoms. The molecule has 1 atom stereocenters. The number of carboxylic acids is 1. The number of carbonyl (C=O) groups excluding carboxylic acids is 1. The van der Waals surface area contributed by atoms with E-state index >= 15 is 0 Å². The summed E-state index contributed by atoms with van der Waals surface area (Å²) in [6.07, 6.45) is -0.282. The molecule has 36 heavy (non-hydrogen) atoms. The molecule has 0 bridgehead atoms. The number of halogens is 3. The zero-order valence-electron chi connectivity index (χ0n) is 20.2. The second kappa shape index (κ2) is 12.6. The van der Waals surface area contributed by atoms with Crippen LogP contribution in [0.4, 0.5) is 13.2 Å². The van der Waals surface area contributed by atoms with Crippen molar-refractivity contribution in [2.45, 2.75) is 44.5 Å². The van der Waals surface area contributed by atoms with E-state index in [1.807, 2.05) is 48.5 Å². The summed E-state index contributed by atoms with van der Waals surface area (Å²) >= 11 is 0. The molecule has 0 aromatic heterocycles. The lowest BCUT2D eigenvalue weighted by atomic mass is 10.1. The van der Waals surface area contributed by atoms with Crippen LogP contribution in [0.25, 0.3) is 0 Å². The van der Waals surface area contributed by atoms with Gasteiger partial charge in [0.05, 0.1) is 7.11 Å². The molecule has 1 N–H and O–H groups in total. The Bertz CT molecular complexity index is 990. The van der Waals surface area contributed by atoms with Crippen molar-refractivity contribution in [3.05, 3.63) is 59.7 Å². The van der Waals surface area contributed by atoms with Gasteiger partial charge in [0.2, 0.25) is 0 Å². The van der Waals surface area contributed by atoms with Crippen LogP contribution in [-0.2, 0) is 11.4 Å². The van der Waals surface area contributed by atoms with E-state index in [0.717, 1.165) is 48.6 Å². The van der Waals surface area contributed by atoms with E-state index in [1.54, 1.807) is 7.11 Å². The van der Waals surface area contributed by atoms with Gasteiger partial charge >= 0.3 is 12.1 Å². The van der Waals surface area contributed by atoms with Crippen molar-refractivity contribution in [3.63, 3.8) is 0 Å². The van der Waals surface area contributed by atoms with Crippen LogP contribution in [0.3, 0.4) is 0 Å². The topological polar surface area (TPSA) is 79.3 Å². The molecular formula is C26H31F3N2O5. The largest absolute Gasteiger partial charge is 0.497 e. The Morgan fingerprint density at radius 1 is 0.944 bits per heavy atom. The van der Waals surface area contributed by atoms with Crippen molar-refractivity contribution in [2.75, 3.05) is 33.3 Å². The van der Waals surface area contributed by atoms with Gasteiger partial charge in [-0.05, 0) is 80.7 Å². The molecule has 2 heterocycles. The Kier molecular flexibility index (Phi) is 9.58. The van der Waals surface area contributed by atoms with E-state index in [2.05, 4.69) is 9.80 Å². The van der Waals surface area contributed by atoms with Crippen LogP contribution < -0.4 is 9.47 Å². The van der Waals surface area contributed by atoms with Crippen molar-refractivity contribution >= 4 is 11.9 Å². The standard InChI is InChI=1S/C24H30N2O3.C2HF3O2/c1-28-22-10-6-19(7-11-22)18-29-23-12-8-20(9-13-23)24(27)26-16-4-5-21(26)17-25-14-2-3-15-25;3-2(4,5)1(6)7/h6-13,21H,2-5,14-18H2,1H3;(H,6,7). The first-order valence-electron chi connectivity index (χ1n) is 11.9. The molecule has 2 aromatic rings. The second-order valence-electron chi connectivity index (χ2n) is 8.77. The van der Waals surface area contributed by atoms with Crippen molar-refractivity contribution in [2.24, 2.45) is 0 Å². The third kappa shape index (κ3) is 7.87. The minimum atomic E-state index is -5.08. The fourth-order valence-electron chi connectivity index (χ4n) is 4.30. The Labute approximate surface area is 208 Å². The number of hydrogen-bond acceptors (Lipinski definition) is 5. The number of alkyl halides is 3. The Morgan fingerprint density at radius 3 is 2.08 bits per heavy atom. The predicted molar refractivity (Wildman–Crippen MR) is 127 cm³/mol. The first kappa shape index (κ1) is 27.3. The van der Waals surface area contributed by atoms with Gasteiger partial charge in [0, 0.05) is 24.7 Å². The number of amides is 1. The minimum Gasteiger partial charge on any atom is -0.497 e. The first-order chi connectivity index (χ1) is 17.2. The van der Waals surface area contributed by atoms with E-state index in [1.165, 1.54) is 25.9 Å². The molecule has 2 aliphatic rings.